The number of carbonyl (C=O) groups is 3. The molecule has 9 nitrogen and oxygen atoms in total. The molecule has 1 saturated heterocycles. The number of hydrogen-bond acceptors (Lipinski definition) is 8. The summed E-state index contributed by atoms with van der Waals surface area (Å²) in [5, 5.41) is 11.5. The molecule has 1 atom stereocenters. The fourth-order valence-corrected chi connectivity index (χ4v) is 4.75. The van der Waals surface area contributed by atoms with E-state index in [2.05, 4.69) is 14.9 Å². The Morgan fingerprint density at radius 2 is 1.93 bits per heavy atom. The molecule has 1 aromatic heterocycles. The second-order valence-electron chi connectivity index (χ2n) is 7.52. The van der Waals surface area contributed by atoms with Gasteiger partial charge in [0, 0.05) is 32.4 Å². The largest absolute Gasteiger partial charge is 0.505 e. The molecule has 1 aromatic carbocycles. The molecule has 3 aliphatic rings. The van der Waals surface area contributed by atoms with Gasteiger partial charge < -0.3 is 14.9 Å². The Balaban J connectivity index is 1.65. The van der Waals surface area contributed by atoms with Crippen molar-refractivity contribution >= 4 is 41.0 Å². The lowest BCUT2D eigenvalue weighted by atomic mass is 10.1. The van der Waals surface area contributed by atoms with Gasteiger partial charge in [-0.05, 0) is 31.2 Å². The van der Waals surface area contributed by atoms with E-state index in [1.54, 1.807) is 0 Å². The first-order chi connectivity index (χ1) is 14.4. The van der Waals surface area contributed by atoms with E-state index in [1.807, 2.05) is 6.26 Å². The zero-order valence-corrected chi connectivity index (χ0v) is 17.3. The summed E-state index contributed by atoms with van der Waals surface area (Å²) < 4.78 is 0. The number of aromatic nitrogens is 2. The Labute approximate surface area is 176 Å². The molecule has 0 saturated carbocycles. The van der Waals surface area contributed by atoms with Gasteiger partial charge in [0.15, 0.2) is 10.9 Å². The fourth-order valence-electron chi connectivity index (χ4n) is 4.41. The molecule has 0 bridgehead atoms. The van der Waals surface area contributed by atoms with Crippen LogP contribution < -0.4 is 9.80 Å². The number of rotatable bonds is 2. The van der Waals surface area contributed by atoms with Gasteiger partial charge in [0.25, 0.3) is 17.7 Å². The number of fused-ring (bicyclic) bond motifs is 4. The van der Waals surface area contributed by atoms with Crippen LogP contribution in [0.3, 0.4) is 0 Å². The summed E-state index contributed by atoms with van der Waals surface area (Å²) in [5.74, 6) is -1.13. The lowest BCUT2D eigenvalue weighted by Crippen LogP contribution is -2.40. The number of nitrogens with zero attached hydrogens (tertiary/aromatic N) is 5. The highest BCUT2D eigenvalue weighted by atomic mass is 32.2. The highest BCUT2D eigenvalue weighted by Crippen LogP contribution is 2.41. The minimum Gasteiger partial charge on any atom is -0.505 e. The molecule has 5 rings (SSSR count). The standard InChI is InChI=1S/C20H19N5O4S/c1-23-17(27)11-5-6-13(15(26)14(11)19(23)29)25-9-10-4-3-7-24(10)16-12(18(25)28)8-21-20(22-16)30-2/h5-6,8,10,26H,3-4,7,9H2,1-2H3. The number of thioether (sulfide) groups is 1. The Morgan fingerprint density at radius 1 is 1.13 bits per heavy atom. The summed E-state index contributed by atoms with van der Waals surface area (Å²) in [7, 11) is 1.37. The first kappa shape index (κ1) is 18.9. The predicted molar refractivity (Wildman–Crippen MR) is 110 cm³/mol. The summed E-state index contributed by atoms with van der Waals surface area (Å²) in [6.07, 6.45) is 5.26. The normalized spacial score (nSPS) is 20.4. The van der Waals surface area contributed by atoms with Crippen molar-refractivity contribution in [1.82, 2.24) is 14.9 Å². The van der Waals surface area contributed by atoms with Crippen LogP contribution in [0.15, 0.2) is 23.5 Å². The summed E-state index contributed by atoms with van der Waals surface area (Å²) in [6.45, 7) is 1.13. The molecule has 1 unspecified atom stereocenters. The van der Waals surface area contributed by atoms with Crippen molar-refractivity contribution < 1.29 is 19.5 Å². The van der Waals surface area contributed by atoms with E-state index in [9.17, 15) is 19.5 Å². The number of carbonyl (C=O) groups excluding carboxylic acids is 3. The maximum absolute atomic E-state index is 13.5. The van der Waals surface area contributed by atoms with Gasteiger partial charge in [-0.15, -0.1) is 0 Å². The molecule has 0 spiro atoms. The molecule has 0 aliphatic carbocycles. The van der Waals surface area contributed by atoms with Gasteiger partial charge in [-0.3, -0.25) is 19.3 Å². The van der Waals surface area contributed by atoms with Gasteiger partial charge in [-0.25, -0.2) is 9.97 Å². The third-order valence-corrected chi connectivity index (χ3v) is 6.51. The highest BCUT2D eigenvalue weighted by molar-refractivity contribution is 7.98. The van der Waals surface area contributed by atoms with Crippen molar-refractivity contribution in [2.75, 3.05) is 36.2 Å². The lowest BCUT2D eigenvalue weighted by molar-refractivity contribution is 0.0692. The first-order valence-corrected chi connectivity index (χ1v) is 10.8. The average molecular weight is 425 g/mol. The minimum absolute atomic E-state index is 0.0347. The highest BCUT2D eigenvalue weighted by Gasteiger charge is 2.41. The van der Waals surface area contributed by atoms with Gasteiger partial charge in [0.2, 0.25) is 0 Å². The number of amides is 3. The Morgan fingerprint density at radius 3 is 2.70 bits per heavy atom. The molecular formula is C20H19N5O4S. The van der Waals surface area contributed by atoms with Crippen molar-refractivity contribution in [3.63, 3.8) is 0 Å². The SMILES string of the molecule is CSc1ncc2c(n1)N1CCCC1CN(c1ccc3c(c1O)C(=O)N(C)C3=O)C2=O. The van der Waals surface area contributed by atoms with Crippen molar-refractivity contribution in [3.05, 3.63) is 35.0 Å². The average Bonchev–Trinajstić information content (AvgIpc) is 3.27. The third-order valence-electron chi connectivity index (χ3n) is 5.95. The van der Waals surface area contributed by atoms with Gasteiger partial charge in [-0.1, -0.05) is 11.8 Å². The monoisotopic (exact) mass is 425 g/mol. The zero-order chi connectivity index (χ0) is 21.2. The summed E-state index contributed by atoms with van der Waals surface area (Å²) in [6, 6.07) is 3.05. The van der Waals surface area contributed by atoms with Crippen molar-refractivity contribution in [2.24, 2.45) is 0 Å². The van der Waals surface area contributed by atoms with E-state index in [1.165, 1.54) is 42.0 Å². The molecule has 1 fully saturated rings. The number of hydrogen-bond donors (Lipinski definition) is 1. The molecule has 3 aliphatic heterocycles. The molecule has 2 aromatic rings. The molecule has 0 radical (unpaired) electrons. The maximum Gasteiger partial charge on any atom is 0.265 e. The van der Waals surface area contributed by atoms with Gasteiger partial charge in [0.05, 0.1) is 16.8 Å². The molecule has 1 N–H and O–H groups in total. The third kappa shape index (κ3) is 2.53. The van der Waals surface area contributed by atoms with E-state index in [0.29, 0.717) is 23.1 Å². The molecular weight excluding hydrogens is 406 g/mol. The van der Waals surface area contributed by atoms with E-state index < -0.39 is 11.8 Å². The fraction of sp³-hybridized carbons (Fsp3) is 0.350. The van der Waals surface area contributed by atoms with E-state index in [4.69, 9.17) is 0 Å². The van der Waals surface area contributed by atoms with E-state index in [0.717, 1.165) is 24.3 Å². The molecule has 3 amide bonds. The van der Waals surface area contributed by atoms with E-state index in [-0.39, 0.29) is 34.5 Å². The quantitative estimate of drug-likeness (QED) is 0.441. The molecule has 4 heterocycles. The van der Waals surface area contributed by atoms with Crippen LogP contribution in [0.2, 0.25) is 0 Å². The molecule has 10 heteroatoms. The summed E-state index contributed by atoms with van der Waals surface area (Å²) >= 11 is 1.41. The first-order valence-electron chi connectivity index (χ1n) is 9.60. The Kier molecular flexibility index (Phi) is 4.21. The topological polar surface area (TPSA) is 107 Å². The Hall–Kier alpha value is -3.14. The van der Waals surface area contributed by atoms with Crippen LogP contribution in [-0.4, -0.2) is 70.1 Å². The van der Waals surface area contributed by atoms with E-state index >= 15 is 0 Å². The van der Waals surface area contributed by atoms with Crippen molar-refractivity contribution in [1.29, 1.82) is 0 Å². The summed E-state index contributed by atoms with van der Waals surface area (Å²) in [5.41, 5.74) is 0.650. The number of benzene rings is 1. The number of phenolic OH excluding ortho intramolecular Hbond substituents is 1. The number of aromatic hydroxyl groups is 1. The van der Waals surface area contributed by atoms with Crippen LogP contribution in [0.1, 0.15) is 43.9 Å². The lowest BCUT2D eigenvalue weighted by Gasteiger charge is -2.27. The van der Waals surface area contributed by atoms with Crippen molar-refractivity contribution in [2.45, 2.75) is 24.0 Å². The van der Waals surface area contributed by atoms with Crippen LogP contribution in [-0.2, 0) is 0 Å². The predicted octanol–water partition coefficient (Wildman–Crippen LogP) is 1.76. The second kappa shape index (κ2) is 6.69. The van der Waals surface area contributed by atoms with Crippen LogP contribution in [0.5, 0.6) is 5.75 Å². The zero-order valence-electron chi connectivity index (χ0n) is 16.5. The van der Waals surface area contributed by atoms with Gasteiger partial charge in [0.1, 0.15) is 11.4 Å². The smallest absolute Gasteiger partial charge is 0.265 e. The van der Waals surface area contributed by atoms with Crippen LogP contribution >= 0.6 is 11.8 Å². The van der Waals surface area contributed by atoms with Crippen LogP contribution in [0, 0.1) is 0 Å². The van der Waals surface area contributed by atoms with Crippen LogP contribution in [0.4, 0.5) is 11.5 Å². The number of phenols is 1. The number of anilines is 2. The molecule has 154 valence electrons. The van der Waals surface area contributed by atoms with Crippen LogP contribution in [0.25, 0.3) is 0 Å². The Bertz CT molecular complexity index is 1120. The number of imide groups is 1. The minimum atomic E-state index is -0.576. The maximum atomic E-state index is 13.5. The van der Waals surface area contributed by atoms with Crippen molar-refractivity contribution in [3.8, 4) is 5.75 Å². The van der Waals surface area contributed by atoms with Gasteiger partial charge >= 0.3 is 0 Å². The molecule has 30 heavy (non-hydrogen) atoms. The summed E-state index contributed by atoms with van der Waals surface area (Å²) in [4.78, 5) is 51.6. The van der Waals surface area contributed by atoms with Gasteiger partial charge in [-0.2, -0.15) is 0 Å². The second-order valence-corrected chi connectivity index (χ2v) is 8.30.